The Kier molecular flexibility index (Phi) is 4.54. The first-order chi connectivity index (χ1) is 5.07. The molecule has 0 unspecified atom stereocenters. The lowest BCUT2D eigenvalue weighted by Gasteiger charge is -2.12. The van der Waals surface area contributed by atoms with Gasteiger partial charge in [0.15, 0.2) is 0 Å². The van der Waals surface area contributed by atoms with Gasteiger partial charge in [-0.05, 0) is 13.3 Å². The Morgan fingerprint density at radius 1 is 1.55 bits per heavy atom. The zero-order chi connectivity index (χ0) is 8.85. The molecule has 0 atom stereocenters. The molecule has 0 N–H and O–H groups in total. The minimum absolute atomic E-state index is 0.0181. The molecule has 3 heteroatoms. The lowest BCUT2D eigenvalue weighted by molar-refractivity contribution is -0.168. The van der Waals surface area contributed by atoms with Crippen LogP contribution in [0.3, 0.4) is 0 Å². The van der Waals surface area contributed by atoms with Gasteiger partial charge in [0.1, 0.15) is 0 Å². The maximum absolute atomic E-state index is 11.0. The first kappa shape index (κ1) is 10.2. The van der Waals surface area contributed by atoms with Crippen molar-refractivity contribution >= 4 is 5.91 Å². The Morgan fingerprint density at radius 2 is 2.09 bits per heavy atom. The second kappa shape index (κ2) is 4.91. The summed E-state index contributed by atoms with van der Waals surface area (Å²) in [6.07, 6.45) is 1.20. The second-order valence-corrected chi connectivity index (χ2v) is 2.53. The van der Waals surface area contributed by atoms with E-state index in [2.05, 4.69) is 6.58 Å². The maximum Gasteiger partial charge on any atom is 0.246 e. The van der Waals surface area contributed by atoms with E-state index >= 15 is 0 Å². The fourth-order valence-corrected chi connectivity index (χ4v) is 0.580. The van der Waals surface area contributed by atoms with Gasteiger partial charge in [-0.1, -0.05) is 5.57 Å². The number of carbonyl (C=O) groups is 1. The highest BCUT2D eigenvalue weighted by Crippen LogP contribution is 2.02. The van der Waals surface area contributed by atoms with Crippen molar-refractivity contribution in [3.63, 3.8) is 0 Å². The summed E-state index contributed by atoms with van der Waals surface area (Å²) in [6.45, 7) is 5.60. The van der Waals surface area contributed by atoms with Crippen molar-refractivity contribution in [3.05, 3.63) is 12.2 Å². The Labute approximate surface area is 67.6 Å². The summed E-state index contributed by atoms with van der Waals surface area (Å²) < 4.78 is 0. The minimum Gasteiger partial charge on any atom is -0.275 e. The molecule has 0 aliphatic carbocycles. The minimum atomic E-state index is -0.0181. The van der Waals surface area contributed by atoms with Crippen LogP contribution in [0.5, 0.6) is 0 Å². The molecule has 1 amide bonds. The highest BCUT2D eigenvalue weighted by molar-refractivity contribution is 5.74. The van der Waals surface area contributed by atoms with Gasteiger partial charge in [0.05, 0.1) is 7.11 Å². The summed E-state index contributed by atoms with van der Waals surface area (Å²) in [5.41, 5.74) is 1.02. The van der Waals surface area contributed by atoms with E-state index in [0.717, 1.165) is 12.0 Å². The number of hydroxylamine groups is 2. The van der Waals surface area contributed by atoms with Crippen molar-refractivity contribution in [1.82, 2.24) is 5.06 Å². The van der Waals surface area contributed by atoms with Gasteiger partial charge in [-0.15, -0.1) is 6.58 Å². The van der Waals surface area contributed by atoms with Gasteiger partial charge in [0.2, 0.25) is 5.91 Å². The summed E-state index contributed by atoms with van der Waals surface area (Å²) in [6, 6.07) is 0. The molecule has 0 heterocycles. The number of allylic oxidation sites excluding steroid dienone is 1. The van der Waals surface area contributed by atoms with Crippen LogP contribution in [0.2, 0.25) is 0 Å². The molecule has 0 aliphatic rings. The van der Waals surface area contributed by atoms with Crippen LogP contribution >= 0.6 is 0 Å². The third-order valence-corrected chi connectivity index (χ3v) is 1.39. The van der Waals surface area contributed by atoms with E-state index in [-0.39, 0.29) is 5.91 Å². The van der Waals surface area contributed by atoms with Gasteiger partial charge < -0.3 is 0 Å². The Bertz CT molecular complexity index is 154. The number of hydrogen-bond acceptors (Lipinski definition) is 2. The topological polar surface area (TPSA) is 29.5 Å². The molecule has 0 radical (unpaired) electrons. The van der Waals surface area contributed by atoms with Crippen LogP contribution in [0.15, 0.2) is 12.2 Å². The first-order valence-corrected chi connectivity index (χ1v) is 3.53. The summed E-state index contributed by atoms with van der Waals surface area (Å²) in [5, 5.41) is 1.23. The van der Waals surface area contributed by atoms with Gasteiger partial charge in [0.25, 0.3) is 0 Å². The van der Waals surface area contributed by atoms with Crippen LogP contribution in [-0.2, 0) is 9.63 Å². The quantitative estimate of drug-likeness (QED) is 0.455. The summed E-state index contributed by atoms with van der Waals surface area (Å²) in [4.78, 5) is 15.7. The van der Waals surface area contributed by atoms with Gasteiger partial charge in [0, 0.05) is 13.5 Å². The number of rotatable bonds is 4. The average molecular weight is 157 g/mol. The van der Waals surface area contributed by atoms with E-state index in [0.29, 0.717) is 6.42 Å². The van der Waals surface area contributed by atoms with E-state index in [1.165, 1.54) is 12.2 Å². The fourth-order valence-electron chi connectivity index (χ4n) is 0.580. The lowest BCUT2D eigenvalue weighted by atomic mass is 10.2. The molecule has 0 aromatic carbocycles. The van der Waals surface area contributed by atoms with E-state index in [9.17, 15) is 4.79 Å². The van der Waals surface area contributed by atoms with Crippen LogP contribution in [0.1, 0.15) is 19.8 Å². The van der Waals surface area contributed by atoms with Crippen LogP contribution in [0.4, 0.5) is 0 Å². The van der Waals surface area contributed by atoms with Gasteiger partial charge in [-0.3, -0.25) is 9.63 Å². The molecule has 0 aliphatic heterocycles. The van der Waals surface area contributed by atoms with E-state index < -0.39 is 0 Å². The molecule has 0 fully saturated rings. The van der Waals surface area contributed by atoms with E-state index in [1.807, 2.05) is 6.92 Å². The average Bonchev–Trinajstić information content (AvgIpc) is 1.98. The highest BCUT2D eigenvalue weighted by Gasteiger charge is 2.06. The predicted molar refractivity (Wildman–Crippen MR) is 43.8 cm³/mol. The van der Waals surface area contributed by atoms with E-state index in [1.54, 1.807) is 7.05 Å². The smallest absolute Gasteiger partial charge is 0.246 e. The SMILES string of the molecule is C=C(C)CCC(=O)N(C)OC. The maximum atomic E-state index is 11.0. The molecule has 0 rings (SSSR count). The normalized spacial score (nSPS) is 9.36. The number of nitrogens with zero attached hydrogens (tertiary/aromatic N) is 1. The van der Waals surface area contributed by atoms with Crippen molar-refractivity contribution in [2.75, 3.05) is 14.2 Å². The monoisotopic (exact) mass is 157 g/mol. The van der Waals surface area contributed by atoms with Crippen LogP contribution < -0.4 is 0 Å². The van der Waals surface area contributed by atoms with Gasteiger partial charge >= 0.3 is 0 Å². The largest absolute Gasteiger partial charge is 0.275 e. The molecule has 64 valence electrons. The molecule has 11 heavy (non-hydrogen) atoms. The number of amides is 1. The molecular weight excluding hydrogens is 142 g/mol. The molecule has 0 bridgehead atoms. The van der Waals surface area contributed by atoms with Crippen LogP contribution in [0.25, 0.3) is 0 Å². The third kappa shape index (κ3) is 4.56. The van der Waals surface area contributed by atoms with E-state index in [4.69, 9.17) is 4.84 Å². The zero-order valence-electron chi connectivity index (χ0n) is 7.39. The van der Waals surface area contributed by atoms with Crippen molar-refractivity contribution in [2.24, 2.45) is 0 Å². The lowest BCUT2D eigenvalue weighted by Crippen LogP contribution is -2.24. The molecule has 0 spiro atoms. The molecular formula is C8H15NO2. The predicted octanol–water partition coefficient (Wildman–Crippen LogP) is 1.36. The Balaban J connectivity index is 3.60. The molecule has 0 saturated carbocycles. The number of carbonyl (C=O) groups excluding carboxylic acids is 1. The summed E-state index contributed by atoms with van der Waals surface area (Å²) in [5.74, 6) is -0.0181. The summed E-state index contributed by atoms with van der Waals surface area (Å²) >= 11 is 0. The molecule has 0 aromatic heterocycles. The standard InChI is InChI=1S/C8H15NO2/c1-7(2)5-6-8(10)9(3)11-4/h1,5-6H2,2-4H3. The zero-order valence-corrected chi connectivity index (χ0v) is 7.39. The van der Waals surface area contributed by atoms with Crippen molar-refractivity contribution in [2.45, 2.75) is 19.8 Å². The first-order valence-electron chi connectivity index (χ1n) is 3.53. The van der Waals surface area contributed by atoms with Crippen molar-refractivity contribution < 1.29 is 9.63 Å². The third-order valence-electron chi connectivity index (χ3n) is 1.39. The number of hydrogen-bond donors (Lipinski definition) is 0. The molecule has 0 aromatic rings. The van der Waals surface area contributed by atoms with Gasteiger partial charge in [-0.25, -0.2) is 5.06 Å². The van der Waals surface area contributed by atoms with Crippen molar-refractivity contribution in [3.8, 4) is 0 Å². The van der Waals surface area contributed by atoms with Crippen molar-refractivity contribution in [1.29, 1.82) is 0 Å². The van der Waals surface area contributed by atoms with Crippen LogP contribution in [-0.4, -0.2) is 25.1 Å². The second-order valence-electron chi connectivity index (χ2n) is 2.53. The molecule has 0 saturated heterocycles. The highest BCUT2D eigenvalue weighted by atomic mass is 16.7. The Morgan fingerprint density at radius 3 is 2.45 bits per heavy atom. The van der Waals surface area contributed by atoms with Gasteiger partial charge in [-0.2, -0.15) is 0 Å². The summed E-state index contributed by atoms with van der Waals surface area (Å²) in [7, 11) is 3.07. The van der Waals surface area contributed by atoms with Crippen LogP contribution in [0, 0.1) is 0 Å². The molecule has 3 nitrogen and oxygen atoms in total. The Hall–Kier alpha value is -0.830. The fraction of sp³-hybridized carbons (Fsp3) is 0.625.